The van der Waals surface area contributed by atoms with Crippen molar-refractivity contribution in [2.45, 2.75) is 33.3 Å². The molecule has 6 heteroatoms. The number of halogens is 1. The first kappa shape index (κ1) is 17.0. The van der Waals surface area contributed by atoms with Gasteiger partial charge in [-0.25, -0.2) is 4.79 Å². The molecule has 0 spiro atoms. The quantitative estimate of drug-likeness (QED) is 0.742. The van der Waals surface area contributed by atoms with E-state index in [1.807, 2.05) is 45.9 Å². The number of carbonyl (C=O) groups is 1. The Kier molecular flexibility index (Phi) is 5.30. The van der Waals surface area contributed by atoms with Crippen LogP contribution in [0.4, 0.5) is 4.79 Å². The van der Waals surface area contributed by atoms with Crippen molar-refractivity contribution >= 4 is 34.7 Å². The zero-order valence-electron chi connectivity index (χ0n) is 12.3. The molecule has 0 saturated carbocycles. The van der Waals surface area contributed by atoms with Gasteiger partial charge < -0.3 is 4.74 Å². The SMILES string of the molecule is Cc1cc(Cl)c2ccn(C(=O)OC(C)(C)C)c2c1.O=C=O. The molecule has 5 nitrogen and oxygen atoms in total. The topological polar surface area (TPSA) is 65.4 Å². The summed E-state index contributed by atoms with van der Waals surface area (Å²) in [5, 5.41) is 1.50. The minimum absolute atomic E-state index is 0.250. The molecule has 0 aliphatic rings. The van der Waals surface area contributed by atoms with E-state index in [1.54, 1.807) is 6.20 Å². The molecule has 1 aromatic carbocycles. The average Bonchev–Trinajstić information content (AvgIpc) is 2.71. The average molecular weight is 310 g/mol. The fourth-order valence-electron chi connectivity index (χ4n) is 1.80. The lowest BCUT2D eigenvalue weighted by Crippen LogP contribution is -2.26. The van der Waals surface area contributed by atoms with Gasteiger partial charge in [-0.1, -0.05) is 11.6 Å². The minimum Gasteiger partial charge on any atom is -0.443 e. The lowest BCUT2D eigenvalue weighted by atomic mass is 10.2. The van der Waals surface area contributed by atoms with E-state index in [0.717, 1.165) is 16.5 Å². The van der Waals surface area contributed by atoms with Crippen LogP contribution in [0.5, 0.6) is 0 Å². The van der Waals surface area contributed by atoms with E-state index in [-0.39, 0.29) is 12.2 Å². The highest BCUT2D eigenvalue weighted by Crippen LogP contribution is 2.26. The Hall–Kier alpha value is -2.10. The fraction of sp³-hybridized carbons (Fsp3) is 0.333. The van der Waals surface area contributed by atoms with E-state index in [1.165, 1.54) is 4.57 Å². The number of nitrogens with zero attached hydrogens (tertiary/aromatic N) is 1. The first-order valence-corrected chi connectivity index (χ1v) is 6.57. The zero-order valence-corrected chi connectivity index (χ0v) is 13.0. The van der Waals surface area contributed by atoms with Gasteiger partial charge in [-0.2, -0.15) is 9.59 Å². The van der Waals surface area contributed by atoms with Gasteiger partial charge in [0.25, 0.3) is 0 Å². The van der Waals surface area contributed by atoms with Crippen LogP contribution >= 0.6 is 11.6 Å². The summed E-state index contributed by atoms with van der Waals surface area (Å²) >= 11 is 6.15. The summed E-state index contributed by atoms with van der Waals surface area (Å²) in [6.45, 7) is 7.47. The van der Waals surface area contributed by atoms with Crippen molar-refractivity contribution in [2.75, 3.05) is 0 Å². The van der Waals surface area contributed by atoms with Crippen molar-refractivity contribution in [3.63, 3.8) is 0 Å². The number of ether oxygens (including phenoxy) is 1. The summed E-state index contributed by atoms with van der Waals surface area (Å²) in [7, 11) is 0. The van der Waals surface area contributed by atoms with Crippen LogP contribution in [0.3, 0.4) is 0 Å². The highest BCUT2D eigenvalue weighted by Gasteiger charge is 2.19. The molecule has 0 saturated heterocycles. The van der Waals surface area contributed by atoms with Gasteiger partial charge in [0.1, 0.15) is 5.60 Å². The Morgan fingerprint density at radius 2 is 1.86 bits per heavy atom. The number of fused-ring (bicyclic) bond motifs is 1. The number of hydrogen-bond donors (Lipinski definition) is 0. The first-order chi connectivity index (χ1) is 9.69. The second-order valence-electron chi connectivity index (χ2n) is 5.43. The highest BCUT2D eigenvalue weighted by molar-refractivity contribution is 6.35. The van der Waals surface area contributed by atoms with Gasteiger partial charge in [0.05, 0.1) is 10.5 Å². The molecule has 1 heterocycles. The summed E-state index contributed by atoms with van der Waals surface area (Å²) in [5.74, 6) is 0. The van der Waals surface area contributed by atoms with Gasteiger partial charge in [-0.3, -0.25) is 4.57 Å². The Morgan fingerprint density at radius 3 is 2.38 bits per heavy atom. The van der Waals surface area contributed by atoms with Crippen LogP contribution < -0.4 is 0 Å². The molecule has 112 valence electrons. The number of hydrogen-bond acceptors (Lipinski definition) is 4. The standard InChI is InChI=1S/C14H16ClNO2.CO2/c1-9-7-11(15)10-5-6-16(12(10)8-9)13(17)18-14(2,3)4;2-1-3/h5-8H,1-4H3;. The molecule has 0 N–H and O–H groups in total. The van der Waals surface area contributed by atoms with Gasteiger partial charge >= 0.3 is 12.2 Å². The van der Waals surface area contributed by atoms with Crippen molar-refractivity contribution in [1.29, 1.82) is 0 Å². The molecule has 0 unspecified atom stereocenters. The molecule has 0 aliphatic carbocycles. The smallest absolute Gasteiger partial charge is 0.418 e. The lowest BCUT2D eigenvalue weighted by molar-refractivity contribution is -0.191. The summed E-state index contributed by atoms with van der Waals surface area (Å²) < 4.78 is 6.84. The maximum Gasteiger partial charge on any atom is 0.418 e. The second kappa shape index (κ2) is 6.57. The first-order valence-electron chi connectivity index (χ1n) is 6.19. The van der Waals surface area contributed by atoms with Crippen LogP contribution in [0, 0.1) is 6.92 Å². The Balaban J connectivity index is 0.000000677. The second-order valence-corrected chi connectivity index (χ2v) is 5.84. The molecule has 0 amide bonds. The van der Waals surface area contributed by atoms with Gasteiger partial charge in [-0.05, 0) is 51.5 Å². The predicted octanol–water partition coefficient (Wildman–Crippen LogP) is 3.80. The van der Waals surface area contributed by atoms with Crippen LogP contribution in [-0.2, 0) is 14.3 Å². The minimum atomic E-state index is -0.513. The molecule has 0 aliphatic heterocycles. The molecule has 2 aromatic rings. The van der Waals surface area contributed by atoms with Crippen LogP contribution in [0.25, 0.3) is 10.9 Å². The van der Waals surface area contributed by atoms with E-state index in [0.29, 0.717) is 5.02 Å². The van der Waals surface area contributed by atoms with Crippen LogP contribution in [0.2, 0.25) is 5.02 Å². The third-order valence-corrected chi connectivity index (χ3v) is 2.80. The number of carbonyl (C=O) groups excluding carboxylic acids is 3. The van der Waals surface area contributed by atoms with Crippen molar-refractivity contribution in [3.05, 3.63) is 35.0 Å². The maximum absolute atomic E-state index is 12.1. The van der Waals surface area contributed by atoms with E-state index in [2.05, 4.69) is 0 Å². The third kappa shape index (κ3) is 4.45. The number of rotatable bonds is 0. The Morgan fingerprint density at radius 1 is 1.29 bits per heavy atom. The van der Waals surface area contributed by atoms with Crippen molar-refractivity contribution < 1.29 is 19.1 Å². The van der Waals surface area contributed by atoms with Crippen LogP contribution in [-0.4, -0.2) is 22.4 Å². The summed E-state index contributed by atoms with van der Waals surface area (Å²) in [5.41, 5.74) is 1.27. The lowest BCUT2D eigenvalue weighted by Gasteiger charge is -2.19. The monoisotopic (exact) mass is 309 g/mol. The molecule has 2 rings (SSSR count). The molecule has 0 fully saturated rings. The largest absolute Gasteiger partial charge is 0.443 e. The normalized spacial score (nSPS) is 10.5. The molecular formula is C15H16ClNO4. The van der Waals surface area contributed by atoms with Crippen molar-refractivity contribution in [1.82, 2.24) is 4.57 Å². The number of aryl methyl sites for hydroxylation is 1. The number of aromatic nitrogens is 1. The number of benzene rings is 1. The zero-order chi connectivity index (χ0) is 16.2. The van der Waals surface area contributed by atoms with Gasteiger partial charge in [-0.15, -0.1) is 0 Å². The summed E-state index contributed by atoms with van der Waals surface area (Å²) in [6.07, 6.45) is 1.54. The maximum atomic E-state index is 12.1. The molecule has 0 bridgehead atoms. The van der Waals surface area contributed by atoms with Gasteiger partial charge in [0.15, 0.2) is 0 Å². The Bertz CT molecular complexity index is 691. The predicted molar refractivity (Wildman–Crippen MR) is 78.3 cm³/mol. The van der Waals surface area contributed by atoms with Gasteiger partial charge in [0.2, 0.25) is 0 Å². The molecule has 0 atom stereocenters. The molecule has 21 heavy (non-hydrogen) atoms. The molecule has 1 aromatic heterocycles. The highest BCUT2D eigenvalue weighted by atomic mass is 35.5. The van der Waals surface area contributed by atoms with E-state index in [9.17, 15) is 4.79 Å². The van der Waals surface area contributed by atoms with Crippen LogP contribution in [0.15, 0.2) is 24.4 Å². The third-order valence-electron chi connectivity index (χ3n) is 2.49. The van der Waals surface area contributed by atoms with Crippen LogP contribution in [0.1, 0.15) is 26.3 Å². The van der Waals surface area contributed by atoms with Crippen molar-refractivity contribution in [2.24, 2.45) is 0 Å². The molecule has 0 radical (unpaired) electrons. The summed E-state index contributed by atoms with van der Waals surface area (Å²) in [4.78, 5) is 28.3. The van der Waals surface area contributed by atoms with E-state index in [4.69, 9.17) is 25.9 Å². The molecular weight excluding hydrogens is 294 g/mol. The van der Waals surface area contributed by atoms with E-state index < -0.39 is 5.60 Å². The van der Waals surface area contributed by atoms with E-state index >= 15 is 0 Å². The Labute approximate surface area is 127 Å². The fourth-order valence-corrected chi connectivity index (χ4v) is 2.13. The van der Waals surface area contributed by atoms with Crippen molar-refractivity contribution in [3.8, 4) is 0 Å². The summed E-state index contributed by atoms with van der Waals surface area (Å²) in [6, 6.07) is 5.62. The van der Waals surface area contributed by atoms with Gasteiger partial charge in [0, 0.05) is 11.6 Å².